The van der Waals surface area contributed by atoms with Crippen molar-refractivity contribution in [2.75, 3.05) is 17.2 Å². The number of amides is 2. The Balaban J connectivity index is 1.59. The lowest BCUT2D eigenvalue weighted by Gasteiger charge is -2.03. The van der Waals surface area contributed by atoms with E-state index in [4.69, 9.17) is 4.74 Å². The van der Waals surface area contributed by atoms with Crippen molar-refractivity contribution in [3.63, 3.8) is 0 Å². The minimum Gasteiger partial charge on any atom is -0.371 e. The van der Waals surface area contributed by atoms with Crippen LogP contribution in [0, 0.1) is 0 Å². The van der Waals surface area contributed by atoms with Crippen molar-refractivity contribution in [1.82, 2.24) is 15.2 Å². The monoisotopic (exact) mass is 291 g/mol. The number of carbonyl (C=O) groups excluding carboxylic acids is 1. The minimum absolute atomic E-state index is 0.0156. The third-order valence-corrected chi connectivity index (χ3v) is 3.70. The van der Waals surface area contributed by atoms with Crippen LogP contribution in [0.5, 0.6) is 0 Å². The minimum atomic E-state index is -0.390. The molecule has 1 aliphatic rings. The summed E-state index contributed by atoms with van der Waals surface area (Å²) >= 11 is 1.33. The molecule has 0 saturated carbocycles. The van der Waals surface area contributed by atoms with E-state index in [1.165, 1.54) is 11.3 Å². The van der Waals surface area contributed by atoms with E-state index < -0.39 is 6.03 Å². The number of carbonyl (C=O) groups is 1. The summed E-state index contributed by atoms with van der Waals surface area (Å²) < 4.78 is 5.52. The fourth-order valence-corrected chi connectivity index (χ4v) is 2.69. The Kier molecular flexibility index (Phi) is 3.84. The molecule has 20 heavy (non-hydrogen) atoms. The summed E-state index contributed by atoms with van der Waals surface area (Å²) in [4.78, 5) is 15.8. The Morgan fingerprint density at radius 3 is 3.05 bits per heavy atom. The quantitative estimate of drug-likeness (QED) is 0.906. The molecule has 1 fully saturated rings. The van der Waals surface area contributed by atoms with E-state index >= 15 is 0 Å². The van der Waals surface area contributed by atoms with Gasteiger partial charge >= 0.3 is 6.03 Å². The van der Waals surface area contributed by atoms with Crippen LogP contribution in [0.1, 0.15) is 24.0 Å². The zero-order chi connectivity index (χ0) is 13.8. The summed E-state index contributed by atoms with van der Waals surface area (Å²) in [5.74, 6) is 0.480. The third kappa shape index (κ3) is 3.09. The van der Waals surface area contributed by atoms with Crippen LogP contribution in [-0.2, 0) is 4.74 Å². The number of aromatic nitrogens is 3. The van der Waals surface area contributed by atoms with Crippen LogP contribution in [0.25, 0.3) is 0 Å². The molecule has 1 saturated heterocycles. The molecule has 104 valence electrons. The number of rotatable bonds is 3. The Morgan fingerprint density at radius 1 is 1.35 bits per heavy atom. The highest BCUT2D eigenvalue weighted by Crippen LogP contribution is 2.31. The highest BCUT2D eigenvalue weighted by Gasteiger charge is 2.22. The number of nitrogens with zero attached hydrogens (tertiary/aromatic N) is 3. The molecule has 0 aromatic carbocycles. The van der Waals surface area contributed by atoms with E-state index in [0.29, 0.717) is 10.9 Å². The fraction of sp³-hybridized carbons (Fsp3) is 0.333. The van der Waals surface area contributed by atoms with Crippen LogP contribution in [-0.4, -0.2) is 27.8 Å². The van der Waals surface area contributed by atoms with Gasteiger partial charge in [0.25, 0.3) is 0 Å². The number of urea groups is 1. The first-order valence-electron chi connectivity index (χ1n) is 6.25. The summed E-state index contributed by atoms with van der Waals surface area (Å²) in [7, 11) is 0. The number of pyridine rings is 1. The number of anilines is 2. The maximum Gasteiger partial charge on any atom is 0.326 e. The molecule has 0 bridgehead atoms. The standard InChI is InChI=1S/C12H13N5O2S/c18-11(14-9-5-1-2-6-13-9)15-12-17-16-10(20-12)8-4-3-7-19-8/h1-2,5-6,8H,3-4,7H2,(H2,13,14,15,17,18). The van der Waals surface area contributed by atoms with E-state index in [0.717, 1.165) is 24.5 Å². The smallest absolute Gasteiger partial charge is 0.326 e. The van der Waals surface area contributed by atoms with E-state index in [2.05, 4.69) is 25.8 Å². The molecular formula is C12H13N5O2S. The van der Waals surface area contributed by atoms with Gasteiger partial charge in [0.2, 0.25) is 5.13 Å². The molecule has 2 N–H and O–H groups in total. The first-order chi connectivity index (χ1) is 9.81. The van der Waals surface area contributed by atoms with Gasteiger partial charge in [-0.05, 0) is 25.0 Å². The second kappa shape index (κ2) is 5.93. The molecule has 1 unspecified atom stereocenters. The van der Waals surface area contributed by atoms with E-state index in [9.17, 15) is 4.79 Å². The molecule has 7 nitrogen and oxygen atoms in total. The van der Waals surface area contributed by atoms with Crippen LogP contribution in [0.4, 0.5) is 15.7 Å². The number of nitrogens with one attached hydrogen (secondary N) is 2. The van der Waals surface area contributed by atoms with E-state index in [-0.39, 0.29) is 6.10 Å². The van der Waals surface area contributed by atoms with Crippen molar-refractivity contribution in [3.8, 4) is 0 Å². The Bertz CT molecular complexity index is 583. The second-order valence-corrected chi connectivity index (χ2v) is 5.25. The van der Waals surface area contributed by atoms with E-state index in [1.54, 1.807) is 24.4 Å². The summed E-state index contributed by atoms with van der Waals surface area (Å²) in [5, 5.41) is 14.5. The Labute approximate surface area is 119 Å². The average molecular weight is 291 g/mol. The van der Waals surface area contributed by atoms with Gasteiger partial charge in [-0.15, -0.1) is 10.2 Å². The lowest BCUT2D eigenvalue weighted by atomic mass is 10.2. The maximum atomic E-state index is 11.8. The van der Waals surface area contributed by atoms with Gasteiger partial charge in [0, 0.05) is 12.8 Å². The van der Waals surface area contributed by atoms with Crippen molar-refractivity contribution >= 4 is 28.3 Å². The molecule has 1 atom stereocenters. The molecule has 0 radical (unpaired) electrons. The van der Waals surface area contributed by atoms with E-state index in [1.807, 2.05) is 0 Å². The zero-order valence-electron chi connectivity index (χ0n) is 10.6. The highest BCUT2D eigenvalue weighted by molar-refractivity contribution is 7.15. The third-order valence-electron chi connectivity index (χ3n) is 2.77. The molecular weight excluding hydrogens is 278 g/mol. The predicted molar refractivity (Wildman–Crippen MR) is 74.7 cm³/mol. The van der Waals surface area contributed by atoms with Gasteiger partial charge in [-0.25, -0.2) is 9.78 Å². The topological polar surface area (TPSA) is 89.0 Å². The summed E-state index contributed by atoms with van der Waals surface area (Å²) in [6.07, 6.45) is 3.61. The number of hydrogen-bond acceptors (Lipinski definition) is 6. The predicted octanol–water partition coefficient (Wildman–Crippen LogP) is 2.43. The summed E-state index contributed by atoms with van der Waals surface area (Å²) in [6, 6.07) is 4.89. The molecule has 0 aliphatic carbocycles. The first-order valence-corrected chi connectivity index (χ1v) is 7.07. The lowest BCUT2D eigenvalue weighted by Crippen LogP contribution is -2.19. The number of ether oxygens (including phenoxy) is 1. The van der Waals surface area contributed by atoms with Crippen molar-refractivity contribution in [2.45, 2.75) is 18.9 Å². The SMILES string of the molecule is O=C(Nc1ccccn1)Nc1nnc(C2CCCO2)s1. The van der Waals surface area contributed by atoms with Crippen LogP contribution in [0.15, 0.2) is 24.4 Å². The average Bonchev–Trinajstić information content (AvgIpc) is 3.10. The summed E-state index contributed by atoms with van der Waals surface area (Å²) in [5.41, 5.74) is 0. The van der Waals surface area contributed by atoms with Crippen LogP contribution < -0.4 is 10.6 Å². The maximum absolute atomic E-state index is 11.8. The normalized spacial score (nSPS) is 17.9. The van der Waals surface area contributed by atoms with Crippen molar-refractivity contribution < 1.29 is 9.53 Å². The lowest BCUT2D eigenvalue weighted by molar-refractivity contribution is 0.111. The first kappa shape index (κ1) is 12.9. The van der Waals surface area contributed by atoms with Crippen LogP contribution in [0.3, 0.4) is 0 Å². The van der Waals surface area contributed by atoms with Crippen molar-refractivity contribution in [3.05, 3.63) is 29.4 Å². The molecule has 3 rings (SSSR count). The molecule has 0 spiro atoms. The molecule has 2 aromatic heterocycles. The van der Waals surface area contributed by atoms with Gasteiger partial charge < -0.3 is 4.74 Å². The van der Waals surface area contributed by atoms with Crippen LogP contribution >= 0.6 is 11.3 Å². The van der Waals surface area contributed by atoms with Crippen LogP contribution in [0.2, 0.25) is 0 Å². The van der Waals surface area contributed by atoms with Gasteiger partial charge in [0.05, 0.1) is 0 Å². The fourth-order valence-electron chi connectivity index (χ4n) is 1.87. The molecule has 2 aromatic rings. The second-order valence-electron chi connectivity index (χ2n) is 4.24. The molecule has 1 aliphatic heterocycles. The van der Waals surface area contributed by atoms with Crippen molar-refractivity contribution in [1.29, 1.82) is 0 Å². The van der Waals surface area contributed by atoms with Gasteiger partial charge in [-0.3, -0.25) is 10.6 Å². The van der Waals surface area contributed by atoms with Gasteiger partial charge in [-0.1, -0.05) is 17.4 Å². The van der Waals surface area contributed by atoms with Gasteiger partial charge in [-0.2, -0.15) is 0 Å². The molecule has 2 amide bonds. The van der Waals surface area contributed by atoms with Gasteiger partial charge in [0.1, 0.15) is 16.9 Å². The zero-order valence-corrected chi connectivity index (χ0v) is 11.4. The Morgan fingerprint density at radius 2 is 2.30 bits per heavy atom. The molecule has 3 heterocycles. The summed E-state index contributed by atoms with van der Waals surface area (Å²) in [6.45, 7) is 0.757. The number of hydrogen-bond donors (Lipinski definition) is 2. The van der Waals surface area contributed by atoms with Gasteiger partial charge in [0.15, 0.2) is 0 Å². The molecule has 8 heteroatoms. The Hall–Kier alpha value is -2.06. The largest absolute Gasteiger partial charge is 0.371 e. The van der Waals surface area contributed by atoms with Crippen molar-refractivity contribution in [2.24, 2.45) is 0 Å². The highest BCUT2D eigenvalue weighted by atomic mass is 32.1.